The molecule has 1 atom stereocenters. The standard InChI is InChI=1S/C19H24N4O5S/c1-9-11(3)29-16-13(9)15(25)20-14(21-16)10(2)28-12(24)7-6-8-23-17(26)19(4,5)22-18(23)27/h10H,6-8H2,1-5H3,(H,22,27)(H,20,21,25)/t10-/m1/s1. The second kappa shape index (κ2) is 7.58. The summed E-state index contributed by atoms with van der Waals surface area (Å²) in [7, 11) is 0. The van der Waals surface area contributed by atoms with Gasteiger partial charge in [-0.25, -0.2) is 9.78 Å². The maximum Gasteiger partial charge on any atom is 0.325 e. The Labute approximate surface area is 171 Å². The van der Waals surface area contributed by atoms with Crippen molar-refractivity contribution in [2.45, 2.75) is 59.1 Å². The van der Waals surface area contributed by atoms with Crippen LogP contribution in [-0.2, 0) is 14.3 Å². The van der Waals surface area contributed by atoms with Gasteiger partial charge in [-0.3, -0.25) is 19.3 Å². The Hall–Kier alpha value is -2.75. The van der Waals surface area contributed by atoms with E-state index in [9.17, 15) is 19.2 Å². The molecular weight excluding hydrogens is 396 g/mol. The van der Waals surface area contributed by atoms with Crippen LogP contribution in [0.3, 0.4) is 0 Å². The highest BCUT2D eigenvalue weighted by molar-refractivity contribution is 7.18. The normalized spacial score (nSPS) is 16.9. The first-order valence-electron chi connectivity index (χ1n) is 9.34. The van der Waals surface area contributed by atoms with E-state index in [1.807, 2.05) is 13.8 Å². The summed E-state index contributed by atoms with van der Waals surface area (Å²) >= 11 is 1.42. The van der Waals surface area contributed by atoms with Gasteiger partial charge in [0.25, 0.3) is 11.5 Å². The zero-order valence-electron chi connectivity index (χ0n) is 17.0. The molecule has 1 fully saturated rings. The molecule has 3 amide bonds. The van der Waals surface area contributed by atoms with Crippen molar-refractivity contribution in [1.29, 1.82) is 0 Å². The third kappa shape index (κ3) is 4.02. The van der Waals surface area contributed by atoms with Gasteiger partial charge >= 0.3 is 12.0 Å². The van der Waals surface area contributed by atoms with Gasteiger partial charge in [-0.15, -0.1) is 11.3 Å². The van der Waals surface area contributed by atoms with E-state index in [1.165, 1.54) is 11.3 Å². The number of imide groups is 1. The molecule has 0 aromatic carbocycles. The van der Waals surface area contributed by atoms with Gasteiger partial charge in [0.05, 0.1) is 5.39 Å². The predicted octanol–water partition coefficient (Wildman–Crippen LogP) is 2.32. The smallest absolute Gasteiger partial charge is 0.325 e. The summed E-state index contributed by atoms with van der Waals surface area (Å²) in [6, 6.07) is -0.460. The molecule has 29 heavy (non-hydrogen) atoms. The number of esters is 1. The molecule has 0 aliphatic carbocycles. The topological polar surface area (TPSA) is 121 Å². The summed E-state index contributed by atoms with van der Waals surface area (Å²) in [5.74, 6) is -0.529. The van der Waals surface area contributed by atoms with Crippen molar-refractivity contribution in [3.63, 3.8) is 0 Å². The number of H-pyrrole nitrogens is 1. The molecule has 1 saturated heterocycles. The first-order chi connectivity index (χ1) is 13.5. The monoisotopic (exact) mass is 420 g/mol. The third-order valence-electron chi connectivity index (χ3n) is 4.96. The minimum absolute atomic E-state index is 0.0333. The molecule has 0 radical (unpaired) electrons. The van der Waals surface area contributed by atoms with E-state index < -0.39 is 23.6 Å². The maximum atomic E-state index is 12.4. The van der Waals surface area contributed by atoms with Crippen molar-refractivity contribution in [1.82, 2.24) is 20.2 Å². The SMILES string of the molecule is Cc1sc2nc([C@@H](C)OC(=O)CCCN3C(=O)NC(C)(C)C3=O)[nH]c(=O)c2c1C. The highest BCUT2D eigenvalue weighted by Crippen LogP contribution is 2.27. The molecular formula is C19H24N4O5S. The molecule has 156 valence electrons. The van der Waals surface area contributed by atoms with Crippen LogP contribution in [0.25, 0.3) is 10.2 Å². The summed E-state index contributed by atoms with van der Waals surface area (Å²) in [6.45, 7) is 8.83. The van der Waals surface area contributed by atoms with E-state index in [-0.39, 0.29) is 36.7 Å². The van der Waals surface area contributed by atoms with Gasteiger partial charge in [-0.05, 0) is 46.6 Å². The number of aromatic nitrogens is 2. The van der Waals surface area contributed by atoms with Crippen molar-refractivity contribution >= 4 is 39.5 Å². The summed E-state index contributed by atoms with van der Waals surface area (Å²) in [6.07, 6.45) is -0.406. The van der Waals surface area contributed by atoms with E-state index in [4.69, 9.17) is 4.74 Å². The van der Waals surface area contributed by atoms with Crippen molar-refractivity contribution in [2.24, 2.45) is 0 Å². The van der Waals surface area contributed by atoms with Crippen LogP contribution in [-0.4, -0.2) is 44.9 Å². The largest absolute Gasteiger partial charge is 0.454 e. The number of urea groups is 1. The Bertz CT molecular complexity index is 1050. The first kappa shape index (κ1) is 21.0. The molecule has 1 aliphatic rings. The van der Waals surface area contributed by atoms with Gasteiger partial charge in [0.15, 0.2) is 11.9 Å². The molecule has 0 saturated carbocycles. The lowest BCUT2D eigenvalue weighted by Crippen LogP contribution is -2.40. The Morgan fingerprint density at radius 3 is 2.59 bits per heavy atom. The fraction of sp³-hybridized carbons (Fsp3) is 0.526. The molecule has 1 aliphatic heterocycles. The molecule has 2 aromatic heterocycles. The highest BCUT2D eigenvalue weighted by atomic mass is 32.1. The average Bonchev–Trinajstić information content (AvgIpc) is 3.01. The zero-order valence-corrected chi connectivity index (χ0v) is 17.9. The van der Waals surface area contributed by atoms with Crippen LogP contribution in [0.4, 0.5) is 4.79 Å². The number of rotatable bonds is 6. The minimum Gasteiger partial charge on any atom is -0.454 e. The van der Waals surface area contributed by atoms with Crippen LogP contribution in [0.15, 0.2) is 4.79 Å². The van der Waals surface area contributed by atoms with E-state index in [0.717, 1.165) is 15.3 Å². The molecule has 2 N–H and O–H groups in total. The fourth-order valence-corrected chi connectivity index (χ4v) is 4.22. The number of aromatic amines is 1. The molecule has 3 heterocycles. The number of nitrogens with one attached hydrogen (secondary N) is 2. The van der Waals surface area contributed by atoms with E-state index in [1.54, 1.807) is 20.8 Å². The second-order valence-electron chi connectivity index (χ2n) is 7.66. The molecule has 3 rings (SSSR count). The fourth-order valence-electron chi connectivity index (χ4n) is 3.18. The summed E-state index contributed by atoms with van der Waals surface area (Å²) in [5, 5.41) is 3.15. The molecule has 10 heteroatoms. The van der Waals surface area contributed by atoms with Gasteiger partial charge in [0, 0.05) is 17.8 Å². The van der Waals surface area contributed by atoms with Crippen LogP contribution in [0.5, 0.6) is 0 Å². The number of aryl methyl sites for hydroxylation is 2. The zero-order chi connectivity index (χ0) is 21.5. The number of carbonyl (C=O) groups excluding carboxylic acids is 3. The number of thiophene rings is 1. The summed E-state index contributed by atoms with van der Waals surface area (Å²) < 4.78 is 5.37. The van der Waals surface area contributed by atoms with Gasteiger partial charge in [-0.2, -0.15) is 0 Å². The van der Waals surface area contributed by atoms with Crippen molar-refractivity contribution in [2.75, 3.05) is 6.54 Å². The molecule has 0 spiro atoms. The van der Waals surface area contributed by atoms with E-state index >= 15 is 0 Å². The number of ether oxygens (including phenoxy) is 1. The van der Waals surface area contributed by atoms with Crippen LogP contribution in [0, 0.1) is 13.8 Å². The number of nitrogens with zero attached hydrogens (tertiary/aromatic N) is 2. The number of amides is 3. The van der Waals surface area contributed by atoms with Gasteiger partial charge < -0.3 is 15.0 Å². The Morgan fingerprint density at radius 1 is 1.28 bits per heavy atom. The van der Waals surface area contributed by atoms with Gasteiger partial charge in [0.2, 0.25) is 0 Å². The third-order valence-corrected chi connectivity index (χ3v) is 6.06. The van der Waals surface area contributed by atoms with Crippen LogP contribution in [0.1, 0.15) is 56.0 Å². The van der Waals surface area contributed by atoms with Crippen LogP contribution >= 0.6 is 11.3 Å². The predicted molar refractivity (Wildman–Crippen MR) is 108 cm³/mol. The Morgan fingerprint density at radius 2 is 1.97 bits per heavy atom. The van der Waals surface area contributed by atoms with Crippen molar-refractivity contribution < 1.29 is 19.1 Å². The molecule has 0 unspecified atom stereocenters. The lowest BCUT2D eigenvalue weighted by atomic mass is 10.1. The Kier molecular flexibility index (Phi) is 5.48. The number of fused-ring (bicyclic) bond motifs is 1. The molecule has 0 bridgehead atoms. The van der Waals surface area contributed by atoms with E-state index in [0.29, 0.717) is 10.2 Å². The van der Waals surface area contributed by atoms with Gasteiger partial charge in [-0.1, -0.05) is 0 Å². The lowest BCUT2D eigenvalue weighted by molar-refractivity contribution is -0.149. The second-order valence-corrected chi connectivity index (χ2v) is 8.87. The van der Waals surface area contributed by atoms with Crippen molar-refractivity contribution in [3.05, 3.63) is 26.6 Å². The summed E-state index contributed by atoms with van der Waals surface area (Å²) in [5.41, 5.74) is -0.282. The highest BCUT2D eigenvalue weighted by Gasteiger charge is 2.43. The Balaban J connectivity index is 1.58. The maximum absolute atomic E-state index is 12.4. The minimum atomic E-state index is -0.930. The first-order valence-corrected chi connectivity index (χ1v) is 10.2. The average molecular weight is 420 g/mol. The molecule has 9 nitrogen and oxygen atoms in total. The van der Waals surface area contributed by atoms with Gasteiger partial charge in [0.1, 0.15) is 10.4 Å². The number of hydrogen-bond donors (Lipinski definition) is 2. The quantitative estimate of drug-likeness (QED) is 0.546. The number of hydrogen-bond acceptors (Lipinski definition) is 7. The van der Waals surface area contributed by atoms with E-state index in [2.05, 4.69) is 15.3 Å². The van der Waals surface area contributed by atoms with Crippen LogP contribution in [0.2, 0.25) is 0 Å². The lowest BCUT2D eigenvalue weighted by Gasteiger charge is -2.16. The molecule has 2 aromatic rings. The van der Waals surface area contributed by atoms with Crippen molar-refractivity contribution in [3.8, 4) is 0 Å². The summed E-state index contributed by atoms with van der Waals surface area (Å²) in [4.78, 5) is 58.3. The number of carbonyl (C=O) groups is 3. The van der Waals surface area contributed by atoms with Crippen LogP contribution < -0.4 is 10.9 Å².